The molecule has 0 aromatic heterocycles. The molecule has 1 aromatic rings. The number of hydrogen-bond donors (Lipinski definition) is 1. The lowest BCUT2D eigenvalue weighted by Crippen LogP contribution is -2.24. The number of sulfonamides is 1. The predicted molar refractivity (Wildman–Crippen MR) is 68.0 cm³/mol. The average molecular weight is 290 g/mol. The molecule has 1 aromatic carbocycles. The minimum Gasteiger partial charge on any atom is -0.465 e. The molecule has 0 saturated carbocycles. The van der Waals surface area contributed by atoms with Crippen LogP contribution in [0.4, 0.5) is 0 Å². The lowest BCUT2D eigenvalue weighted by Gasteiger charge is -2.06. The van der Waals surface area contributed by atoms with Gasteiger partial charge >= 0.3 is 5.97 Å². The molecule has 0 saturated heterocycles. The van der Waals surface area contributed by atoms with Gasteiger partial charge in [0.1, 0.15) is 0 Å². The van der Waals surface area contributed by atoms with Crippen LogP contribution in [0.3, 0.4) is 0 Å². The second-order valence-corrected chi connectivity index (χ2v) is 5.66. The minimum absolute atomic E-state index is 0.0352. The van der Waals surface area contributed by atoms with Crippen LogP contribution in [0.5, 0.6) is 0 Å². The summed E-state index contributed by atoms with van der Waals surface area (Å²) in [7, 11) is -2.40. The van der Waals surface area contributed by atoms with Gasteiger partial charge in [-0.05, 0) is 24.3 Å². The lowest BCUT2D eigenvalue weighted by atomic mass is 10.2. The van der Waals surface area contributed by atoms with Crippen molar-refractivity contribution in [2.24, 2.45) is 0 Å². The van der Waals surface area contributed by atoms with Gasteiger partial charge in [-0.1, -0.05) is 18.2 Å². The Bertz CT molecular complexity index is 551. The van der Waals surface area contributed by atoms with E-state index in [2.05, 4.69) is 16.0 Å². The molecule has 1 N–H and O–H groups in total. The molecule has 5 nitrogen and oxygen atoms in total. The Balaban J connectivity index is 2.91. The normalized spacial score (nSPS) is 11.0. The number of methoxy groups -OCH3 is 1. The highest BCUT2D eigenvalue weighted by molar-refractivity contribution is 7.89. The van der Waals surface area contributed by atoms with Gasteiger partial charge in [-0.2, -0.15) is 0 Å². The fourth-order valence-corrected chi connectivity index (χ4v) is 2.32. The molecule has 98 valence electrons. The summed E-state index contributed by atoms with van der Waals surface area (Å²) in [6.07, 6.45) is 0. The summed E-state index contributed by atoms with van der Waals surface area (Å²) in [6.45, 7) is 3.32. The highest BCUT2D eigenvalue weighted by Crippen LogP contribution is 2.11. The van der Waals surface area contributed by atoms with E-state index in [1.807, 2.05) is 0 Å². The van der Waals surface area contributed by atoms with Gasteiger partial charge in [0.25, 0.3) is 0 Å². The fraction of sp³-hybridized carbons (Fsp3) is 0.182. The summed E-state index contributed by atoms with van der Waals surface area (Å²) < 4.78 is 30.3. The van der Waals surface area contributed by atoms with E-state index in [0.29, 0.717) is 0 Å². The maximum Gasteiger partial charge on any atom is 0.337 e. The zero-order valence-corrected chi connectivity index (χ0v) is 11.2. The quantitative estimate of drug-likeness (QED) is 0.834. The number of benzene rings is 1. The van der Waals surface area contributed by atoms with Crippen molar-refractivity contribution in [3.63, 3.8) is 0 Å². The first-order valence-corrected chi connectivity index (χ1v) is 6.74. The summed E-state index contributed by atoms with van der Waals surface area (Å²) in [5.41, 5.74) is 0.276. The van der Waals surface area contributed by atoms with Crippen molar-refractivity contribution in [1.82, 2.24) is 4.72 Å². The van der Waals surface area contributed by atoms with Crippen molar-refractivity contribution in [2.45, 2.75) is 4.90 Å². The Morgan fingerprint density at radius 3 is 2.39 bits per heavy atom. The molecule has 18 heavy (non-hydrogen) atoms. The SMILES string of the molecule is C=C(Cl)CNS(=O)(=O)c1ccc(C(=O)OC)cc1. The Labute approximate surface area is 110 Å². The van der Waals surface area contributed by atoms with Crippen LogP contribution in [0.2, 0.25) is 0 Å². The molecule has 7 heteroatoms. The van der Waals surface area contributed by atoms with E-state index in [9.17, 15) is 13.2 Å². The summed E-state index contributed by atoms with van der Waals surface area (Å²) >= 11 is 5.47. The molecule has 0 bridgehead atoms. The van der Waals surface area contributed by atoms with Crippen LogP contribution in [0.15, 0.2) is 40.8 Å². The number of ether oxygens (including phenoxy) is 1. The number of nitrogens with one attached hydrogen (secondary N) is 1. The van der Waals surface area contributed by atoms with Gasteiger partial charge in [-0.15, -0.1) is 0 Å². The van der Waals surface area contributed by atoms with E-state index >= 15 is 0 Å². The molecular formula is C11H12ClNO4S. The Morgan fingerprint density at radius 2 is 1.94 bits per heavy atom. The topological polar surface area (TPSA) is 72.5 Å². The second kappa shape index (κ2) is 5.99. The summed E-state index contributed by atoms with van der Waals surface area (Å²) in [4.78, 5) is 11.2. The van der Waals surface area contributed by atoms with Crippen molar-refractivity contribution >= 4 is 27.6 Å². The number of carbonyl (C=O) groups excluding carboxylic acids is 1. The monoisotopic (exact) mass is 289 g/mol. The van der Waals surface area contributed by atoms with Gasteiger partial charge in [-0.25, -0.2) is 17.9 Å². The summed E-state index contributed by atoms with van der Waals surface area (Å²) in [5.74, 6) is -0.527. The first-order valence-electron chi connectivity index (χ1n) is 4.88. The van der Waals surface area contributed by atoms with Gasteiger partial charge in [0.15, 0.2) is 0 Å². The second-order valence-electron chi connectivity index (χ2n) is 3.36. The van der Waals surface area contributed by atoms with E-state index in [4.69, 9.17) is 11.6 Å². The zero-order valence-electron chi connectivity index (χ0n) is 9.64. The maximum absolute atomic E-state index is 11.8. The average Bonchev–Trinajstić information content (AvgIpc) is 2.36. The van der Waals surface area contributed by atoms with E-state index < -0.39 is 16.0 Å². The fourth-order valence-electron chi connectivity index (χ4n) is 1.14. The Kier molecular flexibility index (Phi) is 4.89. The first kappa shape index (κ1) is 14.7. The lowest BCUT2D eigenvalue weighted by molar-refractivity contribution is 0.0600. The molecule has 0 aliphatic rings. The predicted octanol–water partition coefficient (Wildman–Crippen LogP) is 1.50. The van der Waals surface area contributed by atoms with Crippen LogP contribution < -0.4 is 4.72 Å². The van der Waals surface area contributed by atoms with E-state index in [1.165, 1.54) is 31.4 Å². The van der Waals surface area contributed by atoms with Crippen molar-refractivity contribution in [1.29, 1.82) is 0 Å². The first-order chi connectivity index (χ1) is 8.36. The van der Waals surface area contributed by atoms with Crippen LogP contribution in [0.25, 0.3) is 0 Å². The third-order valence-corrected chi connectivity index (χ3v) is 3.59. The highest BCUT2D eigenvalue weighted by Gasteiger charge is 2.14. The van der Waals surface area contributed by atoms with E-state index in [-0.39, 0.29) is 22.0 Å². The molecule has 0 aliphatic carbocycles. The number of rotatable bonds is 5. The molecule has 1 rings (SSSR count). The van der Waals surface area contributed by atoms with Crippen molar-refractivity contribution in [3.05, 3.63) is 41.4 Å². The smallest absolute Gasteiger partial charge is 0.337 e. The third kappa shape index (κ3) is 3.83. The zero-order chi connectivity index (χ0) is 13.8. The maximum atomic E-state index is 11.8. The molecule has 0 unspecified atom stereocenters. The Morgan fingerprint density at radius 1 is 1.39 bits per heavy atom. The molecule has 0 atom stereocenters. The van der Waals surface area contributed by atoms with Gasteiger partial charge in [0.05, 0.1) is 17.6 Å². The Hall–Kier alpha value is -1.37. The van der Waals surface area contributed by atoms with Crippen LogP contribution in [0.1, 0.15) is 10.4 Å². The van der Waals surface area contributed by atoms with Crippen LogP contribution in [0, 0.1) is 0 Å². The molecule has 0 radical (unpaired) electrons. The number of hydrogen-bond acceptors (Lipinski definition) is 4. The molecule has 0 fully saturated rings. The van der Waals surface area contributed by atoms with Gasteiger partial charge in [0.2, 0.25) is 10.0 Å². The van der Waals surface area contributed by atoms with Crippen molar-refractivity contribution in [2.75, 3.05) is 13.7 Å². The van der Waals surface area contributed by atoms with Gasteiger partial charge in [-0.3, -0.25) is 0 Å². The van der Waals surface area contributed by atoms with Gasteiger partial charge < -0.3 is 4.74 Å². The minimum atomic E-state index is -3.65. The van der Waals surface area contributed by atoms with E-state index in [1.54, 1.807) is 0 Å². The number of carbonyl (C=O) groups is 1. The van der Waals surface area contributed by atoms with E-state index in [0.717, 1.165) is 0 Å². The molecule has 0 heterocycles. The van der Waals surface area contributed by atoms with Gasteiger partial charge in [0, 0.05) is 11.6 Å². The summed E-state index contributed by atoms with van der Waals surface area (Å²) in [5, 5.41) is 0.185. The van der Waals surface area contributed by atoms with Crippen molar-refractivity contribution < 1.29 is 17.9 Å². The molecule has 0 spiro atoms. The van der Waals surface area contributed by atoms with Crippen molar-refractivity contribution in [3.8, 4) is 0 Å². The summed E-state index contributed by atoms with van der Waals surface area (Å²) in [6, 6.07) is 5.36. The molecule has 0 amide bonds. The van der Waals surface area contributed by atoms with Crippen LogP contribution in [-0.2, 0) is 14.8 Å². The standard InChI is InChI=1S/C11H12ClNO4S/c1-8(12)7-13-18(15,16)10-5-3-9(4-6-10)11(14)17-2/h3-6,13H,1,7H2,2H3. The molecule has 0 aliphatic heterocycles. The third-order valence-electron chi connectivity index (χ3n) is 2.04. The number of halogens is 1. The largest absolute Gasteiger partial charge is 0.465 e. The number of esters is 1. The van der Waals surface area contributed by atoms with Crippen LogP contribution in [-0.4, -0.2) is 28.0 Å². The van der Waals surface area contributed by atoms with Crippen LogP contribution >= 0.6 is 11.6 Å². The molecular weight excluding hydrogens is 278 g/mol. The highest BCUT2D eigenvalue weighted by atomic mass is 35.5.